The Labute approximate surface area is 152 Å². The summed E-state index contributed by atoms with van der Waals surface area (Å²) in [5, 5.41) is 4.22. The molecule has 0 amide bonds. The van der Waals surface area contributed by atoms with Gasteiger partial charge in [-0.1, -0.05) is 87.6 Å². The summed E-state index contributed by atoms with van der Waals surface area (Å²) in [6.45, 7) is 0. The average Bonchev–Trinajstić information content (AvgIpc) is 2.66. The van der Waals surface area contributed by atoms with E-state index < -0.39 is 0 Å². The molecule has 1 aromatic carbocycles. The third-order valence-corrected chi connectivity index (χ3v) is 4.95. The van der Waals surface area contributed by atoms with Gasteiger partial charge >= 0.3 is 5.97 Å². The van der Waals surface area contributed by atoms with Crippen LogP contribution in [0.2, 0.25) is 0 Å². The monoisotopic (exact) mass is 343 g/mol. The van der Waals surface area contributed by atoms with Crippen molar-refractivity contribution in [2.45, 2.75) is 89.9 Å². The molecule has 3 heteroatoms. The SMILES string of the molecule is O=C(ON=C1CCCCCCCCCCCCCC1)c1ccccc1. The topological polar surface area (TPSA) is 38.7 Å². The zero-order valence-electron chi connectivity index (χ0n) is 15.5. The van der Waals surface area contributed by atoms with Gasteiger partial charge in [-0.05, 0) is 37.8 Å². The van der Waals surface area contributed by atoms with Crippen molar-refractivity contribution in [1.82, 2.24) is 0 Å². The fourth-order valence-electron chi connectivity index (χ4n) is 3.38. The van der Waals surface area contributed by atoms with Crippen molar-refractivity contribution in [2.75, 3.05) is 0 Å². The fraction of sp³-hybridized carbons (Fsp3) is 0.636. The van der Waals surface area contributed by atoms with Crippen molar-refractivity contribution in [3.05, 3.63) is 35.9 Å². The van der Waals surface area contributed by atoms with Crippen LogP contribution in [-0.2, 0) is 4.84 Å². The number of carbonyl (C=O) groups is 1. The molecule has 0 spiro atoms. The zero-order chi connectivity index (χ0) is 17.6. The second-order valence-electron chi connectivity index (χ2n) is 7.14. The van der Waals surface area contributed by atoms with Gasteiger partial charge in [-0.2, -0.15) is 0 Å². The van der Waals surface area contributed by atoms with E-state index in [1.54, 1.807) is 12.1 Å². The lowest BCUT2D eigenvalue weighted by Gasteiger charge is -2.06. The van der Waals surface area contributed by atoms with Crippen LogP contribution in [0.4, 0.5) is 0 Å². The van der Waals surface area contributed by atoms with Crippen LogP contribution < -0.4 is 0 Å². The number of benzene rings is 1. The Morgan fingerprint density at radius 3 is 1.60 bits per heavy atom. The van der Waals surface area contributed by atoms with Gasteiger partial charge in [0, 0.05) is 0 Å². The summed E-state index contributed by atoms with van der Waals surface area (Å²) in [7, 11) is 0. The summed E-state index contributed by atoms with van der Waals surface area (Å²) in [6, 6.07) is 9.10. The third kappa shape index (κ3) is 8.85. The fourth-order valence-corrected chi connectivity index (χ4v) is 3.38. The molecule has 0 atom stereocenters. The van der Waals surface area contributed by atoms with E-state index in [2.05, 4.69) is 5.16 Å². The number of oxime groups is 1. The molecule has 3 nitrogen and oxygen atoms in total. The first kappa shape index (κ1) is 19.7. The van der Waals surface area contributed by atoms with Gasteiger partial charge in [0.1, 0.15) is 0 Å². The molecule has 1 aliphatic rings. The molecule has 0 aromatic heterocycles. The van der Waals surface area contributed by atoms with E-state index in [1.165, 1.54) is 64.2 Å². The van der Waals surface area contributed by atoms with Crippen LogP contribution in [0.3, 0.4) is 0 Å². The molecule has 0 N–H and O–H groups in total. The van der Waals surface area contributed by atoms with Crippen molar-refractivity contribution in [1.29, 1.82) is 0 Å². The second kappa shape index (κ2) is 12.7. The molecule has 0 bridgehead atoms. The number of hydrogen-bond donors (Lipinski definition) is 0. The minimum atomic E-state index is -0.357. The van der Waals surface area contributed by atoms with E-state index >= 15 is 0 Å². The second-order valence-corrected chi connectivity index (χ2v) is 7.14. The molecule has 1 aliphatic carbocycles. The molecule has 25 heavy (non-hydrogen) atoms. The van der Waals surface area contributed by atoms with Gasteiger partial charge in [0.25, 0.3) is 0 Å². The summed E-state index contributed by atoms with van der Waals surface area (Å²) in [4.78, 5) is 17.3. The van der Waals surface area contributed by atoms with Crippen LogP contribution in [0.15, 0.2) is 35.5 Å². The molecule has 0 heterocycles. The summed E-state index contributed by atoms with van der Waals surface area (Å²) < 4.78 is 0. The highest BCUT2D eigenvalue weighted by Crippen LogP contribution is 2.16. The quantitative estimate of drug-likeness (QED) is 0.444. The molecule has 0 radical (unpaired) electrons. The Morgan fingerprint density at radius 2 is 1.12 bits per heavy atom. The Morgan fingerprint density at radius 1 is 0.680 bits per heavy atom. The molecule has 1 aromatic rings. The van der Waals surface area contributed by atoms with E-state index in [4.69, 9.17) is 4.84 Å². The van der Waals surface area contributed by atoms with Crippen LogP contribution in [-0.4, -0.2) is 11.7 Å². The van der Waals surface area contributed by atoms with Gasteiger partial charge in [-0.15, -0.1) is 0 Å². The lowest BCUT2D eigenvalue weighted by molar-refractivity contribution is 0.0514. The average molecular weight is 344 g/mol. The van der Waals surface area contributed by atoms with Gasteiger partial charge < -0.3 is 4.84 Å². The maximum atomic E-state index is 12.1. The lowest BCUT2D eigenvalue weighted by Crippen LogP contribution is -2.05. The van der Waals surface area contributed by atoms with Gasteiger partial charge in [-0.25, -0.2) is 4.79 Å². The Bertz CT molecular complexity index is 492. The van der Waals surface area contributed by atoms with E-state index in [0.29, 0.717) is 5.56 Å². The van der Waals surface area contributed by atoms with Gasteiger partial charge in [0.05, 0.1) is 11.3 Å². The highest BCUT2D eigenvalue weighted by atomic mass is 16.7. The van der Waals surface area contributed by atoms with Crippen LogP contribution in [0.5, 0.6) is 0 Å². The Kier molecular flexibility index (Phi) is 9.99. The highest BCUT2D eigenvalue weighted by Gasteiger charge is 2.08. The third-order valence-electron chi connectivity index (χ3n) is 4.95. The standard InChI is InChI=1S/C22H33NO2/c24-22(20-16-12-11-13-17-20)25-23-21-18-14-9-7-5-3-1-2-4-6-8-10-15-19-21/h11-13,16-17H,1-10,14-15,18-19H2. The Balaban J connectivity index is 1.84. The van der Waals surface area contributed by atoms with Gasteiger partial charge in [0.15, 0.2) is 0 Å². The van der Waals surface area contributed by atoms with Crippen LogP contribution >= 0.6 is 0 Å². The van der Waals surface area contributed by atoms with Crippen molar-refractivity contribution >= 4 is 11.7 Å². The van der Waals surface area contributed by atoms with Crippen LogP contribution in [0, 0.1) is 0 Å². The van der Waals surface area contributed by atoms with Crippen molar-refractivity contribution in [2.24, 2.45) is 5.16 Å². The zero-order valence-corrected chi connectivity index (χ0v) is 15.5. The highest BCUT2D eigenvalue weighted by molar-refractivity contribution is 5.90. The molecule has 138 valence electrons. The number of carbonyl (C=O) groups excluding carboxylic acids is 1. The number of nitrogens with zero attached hydrogens (tertiary/aromatic N) is 1. The number of rotatable bonds is 2. The molecule has 1 fully saturated rings. The van der Waals surface area contributed by atoms with Gasteiger partial charge in [0.2, 0.25) is 0 Å². The summed E-state index contributed by atoms with van der Waals surface area (Å²) in [5.41, 5.74) is 1.61. The van der Waals surface area contributed by atoms with Crippen molar-refractivity contribution in [3.63, 3.8) is 0 Å². The molecule has 0 aliphatic heterocycles. The molecule has 2 rings (SSSR count). The summed E-state index contributed by atoms with van der Waals surface area (Å²) in [6.07, 6.45) is 17.7. The van der Waals surface area contributed by atoms with Crippen molar-refractivity contribution in [3.8, 4) is 0 Å². The predicted molar refractivity (Wildman–Crippen MR) is 104 cm³/mol. The number of hydrogen-bond acceptors (Lipinski definition) is 3. The van der Waals surface area contributed by atoms with Crippen molar-refractivity contribution < 1.29 is 9.63 Å². The first-order valence-electron chi connectivity index (χ1n) is 10.2. The van der Waals surface area contributed by atoms with E-state index in [0.717, 1.165) is 31.4 Å². The van der Waals surface area contributed by atoms with Crippen LogP contribution in [0.25, 0.3) is 0 Å². The maximum absolute atomic E-state index is 12.1. The van der Waals surface area contributed by atoms with E-state index in [1.807, 2.05) is 18.2 Å². The van der Waals surface area contributed by atoms with E-state index in [9.17, 15) is 4.79 Å². The molecule has 0 saturated heterocycles. The van der Waals surface area contributed by atoms with Crippen LogP contribution in [0.1, 0.15) is 100 Å². The minimum absolute atomic E-state index is 0.357. The molecular weight excluding hydrogens is 310 g/mol. The molecule has 1 saturated carbocycles. The first-order valence-corrected chi connectivity index (χ1v) is 10.2. The summed E-state index contributed by atoms with van der Waals surface area (Å²) >= 11 is 0. The molecule has 0 unspecified atom stereocenters. The lowest BCUT2D eigenvalue weighted by atomic mass is 10.0. The summed E-state index contributed by atoms with van der Waals surface area (Å²) in [5.74, 6) is -0.357. The first-order chi connectivity index (χ1) is 12.4. The smallest absolute Gasteiger partial charge is 0.313 e. The maximum Gasteiger partial charge on any atom is 0.365 e. The Hall–Kier alpha value is -1.64. The predicted octanol–water partition coefficient (Wildman–Crippen LogP) is 6.67. The van der Waals surface area contributed by atoms with E-state index in [-0.39, 0.29) is 5.97 Å². The minimum Gasteiger partial charge on any atom is -0.313 e. The van der Waals surface area contributed by atoms with Gasteiger partial charge in [-0.3, -0.25) is 0 Å². The largest absolute Gasteiger partial charge is 0.365 e. The normalized spacial score (nSPS) is 18.6. The molecular formula is C22H33NO2.